The maximum absolute atomic E-state index is 13.6. The second-order valence-electron chi connectivity index (χ2n) is 13.9. The second-order valence-corrected chi connectivity index (χ2v) is 14.9. The van der Waals surface area contributed by atoms with Crippen molar-refractivity contribution in [2.75, 3.05) is 31.9 Å². The molecule has 1 saturated heterocycles. The number of aliphatic hydroxyl groups excluding tert-OH is 1. The van der Waals surface area contributed by atoms with E-state index in [1.165, 1.54) is 11.8 Å². The Morgan fingerprint density at radius 2 is 2.02 bits per heavy atom. The molecule has 3 unspecified atom stereocenters. The summed E-state index contributed by atoms with van der Waals surface area (Å²) in [6.45, 7) is 15.9. The number of ether oxygens (including phenoxy) is 1. The third-order valence-corrected chi connectivity index (χ3v) is 12.6. The molecule has 1 aromatic carbocycles. The van der Waals surface area contributed by atoms with Crippen molar-refractivity contribution in [3.05, 3.63) is 42.5 Å². The van der Waals surface area contributed by atoms with Crippen molar-refractivity contribution < 1.29 is 19.4 Å². The number of nitrogens with one attached hydrogen (secondary N) is 1. The zero-order valence-corrected chi connectivity index (χ0v) is 27.4. The van der Waals surface area contributed by atoms with Gasteiger partial charge in [0.2, 0.25) is 5.96 Å². The van der Waals surface area contributed by atoms with Gasteiger partial charge in [0.15, 0.2) is 0 Å². The molecule has 3 saturated carbocycles. The lowest BCUT2D eigenvalue weighted by Crippen LogP contribution is -2.63. The monoisotopic (exact) mass is 623 g/mol. The lowest BCUT2D eigenvalue weighted by molar-refractivity contribution is -0.205. The summed E-state index contributed by atoms with van der Waals surface area (Å²) in [5.41, 5.74) is 5.48. The number of nitrogens with two attached hydrogens (primary N) is 1. The van der Waals surface area contributed by atoms with E-state index in [-0.39, 0.29) is 40.7 Å². The number of Topliss-reactive ketones (excluding diaryl/α,β-unsaturated/α-hetero) is 1. The molecule has 5 rings (SSSR count). The maximum Gasteiger partial charge on any atom is 0.316 e. The van der Waals surface area contributed by atoms with Gasteiger partial charge in [0.05, 0.1) is 18.1 Å². The van der Waals surface area contributed by atoms with Gasteiger partial charge in [0.1, 0.15) is 11.9 Å². The topological polar surface area (TPSA) is 130 Å². The Hall–Kier alpha value is -2.69. The Morgan fingerprint density at radius 3 is 2.75 bits per heavy atom. The Kier molecular flexibility index (Phi) is 9.64. The van der Waals surface area contributed by atoms with Crippen LogP contribution in [0.3, 0.4) is 0 Å². The molecule has 2 bridgehead atoms. The molecule has 0 spiro atoms. The number of esters is 1. The van der Waals surface area contributed by atoms with E-state index in [9.17, 15) is 14.7 Å². The first-order chi connectivity index (χ1) is 20.9. The predicted octanol–water partition coefficient (Wildman–Crippen LogP) is 4.24. The highest BCUT2D eigenvalue weighted by molar-refractivity contribution is 8.00. The lowest BCUT2D eigenvalue weighted by atomic mass is 9.44. The van der Waals surface area contributed by atoms with Crippen LogP contribution in [0.4, 0.5) is 0 Å². The molecule has 4 N–H and O–H groups in total. The minimum atomic E-state index is -0.678. The van der Waals surface area contributed by atoms with E-state index in [0.29, 0.717) is 18.8 Å². The number of hydrogen-bond donors (Lipinski definition) is 3. The molecule has 1 heterocycles. The predicted molar refractivity (Wildman–Crippen MR) is 175 cm³/mol. The molecule has 8 atom stereocenters. The summed E-state index contributed by atoms with van der Waals surface area (Å²) in [6, 6.07) is 7.75. The summed E-state index contributed by atoms with van der Waals surface area (Å²) in [7, 11) is 0. The molecule has 4 aliphatic rings. The number of aliphatic hydroxyl groups is 1. The standard InChI is InChI=1S/C34H49N5O4S/c1-6-32(4)19-27(33(5)22(2)10-12-34(23(3)30(32)42)13-11-26(40)29(33)34)43-28(41)21-44-25-9-7-8-24(18-25)20-37-38-31(35)39-16-14-36-15-17-39/h6-9,18,20,22-23,27,29-30,36,42H,1,10-17,19,21H2,2-5H3,(H2,35,38)/t22?,23-,27+,29?,30-,32+,33-,34?/m0/s1. The highest BCUT2D eigenvalue weighted by Crippen LogP contribution is 2.68. The van der Waals surface area contributed by atoms with Crippen LogP contribution < -0.4 is 11.1 Å². The fraction of sp³-hybridized carbons (Fsp3) is 0.647. The molecule has 4 fully saturated rings. The van der Waals surface area contributed by atoms with Gasteiger partial charge in [-0.25, -0.2) is 0 Å². The van der Waals surface area contributed by atoms with Crippen LogP contribution in [0.25, 0.3) is 0 Å². The molecule has 10 heteroatoms. The minimum Gasteiger partial charge on any atom is -0.461 e. The van der Waals surface area contributed by atoms with Crippen molar-refractivity contribution in [3.8, 4) is 0 Å². The molecule has 9 nitrogen and oxygen atoms in total. The molecular weight excluding hydrogens is 574 g/mol. The Labute approximate surface area is 266 Å². The molecule has 44 heavy (non-hydrogen) atoms. The number of carbonyl (C=O) groups is 2. The molecule has 3 aliphatic carbocycles. The van der Waals surface area contributed by atoms with Crippen molar-refractivity contribution in [2.45, 2.75) is 76.9 Å². The fourth-order valence-electron chi connectivity index (χ4n) is 8.63. The Morgan fingerprint density at radius 1 is 1.27 bits per heavy atom. The number of guanidine groups is 1. The summed E-state index contributed by atoms with van der Waals surface area (Å²) >= 11 is 1.40. The number of nitrogens with zero attached hydrogens (tertiary/aromatic N) is 3. The van der Waals surface area contributed by atoms with Crippen molar-refractivity contribution in [1.82, 2.24) is 10.2 Å². The van der Waals surface area contributed by atoms with Gasteiger partial charge in [-0.05, 0) is 60.6 Å². The van der Waals surface area contributed by atoms with E-state index in [4.69, 9.17) is 10.5 Å². The van der Waals surface area contributed by atoms with Gasteiger partial charge in [-0.15, -0.1) is 23.4 Å². The van der Waals surface area contributed by atoms with E-state index in [1.807, 2.05) is 42.2 Å². The average Bonchev–Trinajstić information content (AvgIpc) is 3.38. The van der Waals surface area contributed by atoms with Crippen molar-refractivity contribution >= 4 is 35.7 Å². The number of hydrogen-bond acceptors (Lipinski definition) is 8. The van der Waals surface area contributed by atoms with Crippen molar-refractivity contribution in [1.29, 1.82) is 0 Å². The van der Waals surface area contributed by atoms with E-state index in [1.54, 1.807) is 6.21 Å². The number of benzene rings is 1. The van der Waals surface area contributed by atoms with Gasteiger partial charge in [-0.3, -0.25) is 9.59 Å². The highest BCUT2D eigenvalue weighted by atomic mass is 32.2. The third-order valence-electron chi connectivity index (χ3n) is 11.6. The van der Waals surface area contributed by atoms with Gasteiger partial charge in [-0.2, -0.15) is 5.10 Å². The molecule has 0 aromatic heterocycles. The first kappa shape index (κ1) is 32.7. The van der Waals surface area contributed by atoms with Gasteiger partial charge >= 0.3 is 5.97 Å². The van der Waals surface area contributed by atoms with E-state index in [2.05, 4.69) is 42.9 Å². The van der Waals surface area contributed by atoms with Crippen molar-refractivity contribution in [2.24, 2.45) is 49.9 Å². The van der Waals surface area contributed by atoms with E-state index in [0.717, 1.165) is 55.9 Å². The molecule has 0 radical (unpaired) electrons. The molecule has 240 valence electrons. The minimum absolute atomic E-state index is 0.0546. The van der Waals surface area contributed by atoms with Crippen LogP contribution in [-0.2, 0) is 14.3 Å². The number of carbonyl (C=O) groups excluding carboxylic acids is 2. The number of piperazine rings is 1. The zero-order valence-electron chi connectivity index (χ0n) is 26.6. The molecule has 1 aliphatic heterocycles. The highest BCUT2D eigenvalue weighted by Gasteiger charge is 2.68. The number of ketones is 1. The normalized spacial score (nSPS) is 37.8. The Bertz CT molecular complexity index is 1310. The lowest BCUT2D eigenvalue weighted by Gasteiger charge is -2.61. The summed E-state index contributed by atoms with van der Waals surface area (Å²) in [5, 5.41) is 23.3. The van der Waals surface area contributed by atoms with Crippen molar-refractivity contribution in [3.63, 3.8) is 0 Å². The molecule has 0 amide bonds. The van der Waals surface area contributed by atoms with Gasteiger partial charge in [0, 0.05) is 54.2 Å². The summed E-state index contributed by atoms with van der Waals surface area (Å²) in [6.07, 6.45) is 5.90. The van der Waals surface area contributed by atoms with Crippen LogP contribution in [-0.4, -0.2) is 78.1 Å². The molecule has 1 aromatic rings. The van der Waals surface area contributed by atoms with Gasteiger partial charge in [0.25, 0.3) is 0 Å². The second kappa shape index (κ2) is 13.0. The Balaban J connectivity index is 1.31. The first-order valence-corrected chi connectivity index (χ1v) is 17.0. The molecular formula is C34H49N5O4S. The van der Waals surface area contributed by atoms with Gasteiger partial charge in [-0.1, -0.05) is 45.9 Å². The van der Waals surface area contributed by atoms with Crippen LogP contribution in [0.2, 0.25) is 0 Å². The number of rotatable bonds is 7. The third kappa shape index (κ3) is 5.97. The van der Waals surface area contributed by atoms with E-state index >= 15 is 0 Å². The SMILES string of the molecule is C=C[C@]1(C)C[C@@H](OC(=O)CSc2cccc(C=NN=C(N)N3CCNCC3)c2)[C@]2(C)C(C)CCC3(CCC(=O)C32)[C@@H](C)[C@@H]1O. The first-order valence-electron chi connectivity index (χ1n) is 16.0. The quantitative estimate of drug-likeness (QED) is 0.103. The average molecular weight is 624 g/mol. The van der Waals surface area contributed by atoms with Crippen LogP contribution in [0.15, 0.2) is 52.0 Å². The summed E-state index contributed by atoms with van der Waals surface area (Å²) < 4.78 is 6.38. The van der Waals surface area contributed by atoms with E-state index < -0.39 is 23.0 Å². The number of thioether (sulfide) groups is 1. The zero-order chi connectivity index (χ0) is 31.7. The maximum atomic E-state index is 13.6. The van der Waals surface area contributed by atoms with Crippen LogP contribution in [0.1, 0.15) is 65.4 Å². The smallest absolute Gasteiger partial charge is 0.316 e. The van der Waals surface area contributed by atoms with Crippen LogP contribution >= 0.6 is 11.8 Å². The van der Waals surface area contributed by atoms with Gasteiger partial charge < -0.3 is 25.8 Å². The fourth-order valence-corrected chi connectivity index (χ4v) is 9.38. The van der Waals surface area contributed by atoms with Crippen LogP contribution in [0, 0.1) is 34.0 Å². The summed E-state index contributed by atoms with van der Waals surface area (Å²) in [5.74, 6) is 0.373. The largest absolute Gasteiger partial charge is 0.461 e. The van der Waals surface area contributed by atoms with Crippen LogP contribution in [0.5, 0.6) is 0 Å². The summed E-state index contributed by atoms with van der Waals surface area (Å²) in [4.78, 5) is 30.0.